The average Bonchev–Trinajstić information content (AvgIpc) is 2.87. The number of piperidine rings is 1. The van der Waals surface area contributed by atoms with E-state index >= 15 is 0 Å². The lowest BCUT2D eigenvalue weighted by molar-refractivity contribution is -0.139. The molecule has 5 rings (SSSR count). The first kappa shape index (κ1) is 24.6. The van der Waals surface area contributed by atoms with Gasteiger partial charge < -0.3 is 20.6 Å². The number of nitrogens with one attached hydrogen (secondary N) is 2. The molecule has 2 aliphatic heterocycles. The average molecular weight is 493 g/mol. The highest BCUT2D eigenvalue weighted by Crippen LogP contribution is 2.29. The standard InChI is InChI=1S/C27H36N6O3/c34-23(17-32-11-8-19-4-1-2-5-21(19)16-32)15-28-26(35)24-14-25(30-18-29-24)31-22-9-12-33(13-10-22)27(36)20-6-3-7-20/h1-2,4-5,14,18,20,22-23,34H,3,6-13,15-17H2,(H,28,35)(H,29,30,31). The van der Waals surface area contributed by atoms with Crippen LogP contribution in [0.3, 0.4) is 0 Å². The summed E-state index contributed by atoms with van der Waals surface area (Å²) in [4.78, 5) is 37.7. The van der Waals surface area contributed by atoms with E-state index < -0.39 is 6.10 Å². The van der Waals surface area contributed by atoms with Crippen molar-refractivity contribution < 1.29 is 14.7 Å². The first-order chi connectivity index (χ1) is 17.5. The Morgan fingerprint density at radius 3 is 2.58 bits per heavy atom. The summed E-state index contributed by atoms with van der Waals surface area (Å²) in [6, 6.07) is 10.3. The Bertz CT molecular complexity index is 1070. The molecule has 1 saturated heterocycles. The van der Waals surface area contributed by atoms with Crippen molar-refractivity contribution >= 4 is 17.6 Å². The number of anilines is 1. The van der Waals surface area contributed by atoms with Gasteiger partial charge in [0.15, 0.2) is 0 Å². The van der Waals surface area contributed by atoms with Gasteiger partial charge in [-0.1, -0.05) is 30.7 Å². The second kappa shape index (κ2) is 11.3. The number of aliphatic hydroxyl groups is 1. The number of nitrogens with zero attached hydrogens (tertiary/aromatic N) is 4. The van der Waals surface area contributed by atoms with Crippen LogP contribution in [0.2, 0.25) is 0 Å². The number of fused-ring (bicyclic) bond motifs is 1. The third-order valence-electron chi connectivity index (χ3n) is 7.69. The van der Waals surface area contributed by atoms with Crippen LogP contribution < -0.4 is 10.6 Å². The second-order valence-electron chi connectivity index (χ2n) is 10.3. The van der Waals surface area contributed by atoms with Crippen LogP contribution in [0.15, 0.2) is 36.7 Å². The Balaban J connectivity index is 1.06. The maximum Gasteiger partial charge on any atom is 0.270 e. The molecule has 0 spiro atoms. The number of benzene rings is 1. The van der Waals surface area contributed by atoms with Crippen LogP contribution in [0.4, 0.5) is 5.82 Å². The van der Waals surface area contributed by atoms with E-state index in [-0.39, 0.29) is 30.1 Å². The van der Waals surface area contributed by atoms with Gasteiger partial charge in [0, 0.05) is 57.3 Å². The van der Waals surface area contributed by atoms with Crippen LogP contribution in [0, 0.1) is 5.92 Å². The third kappa shape index (κ3) is 6.02. The smallest absolute Gasteiger partial charge is 0.270 e. The van der Waals surface area contributed by atoms with Gasteiger partial charge in [0.1, 0.15) is 17.8 Å². The number of carbonyl (C=O) groups is 2. The van der Waals surface area contributed by atoms with Crippen LogP contribution in [-0.2, 0) is 17.8 Å². The zero-order valence-electron chi connectivity index (χ0n) is 20.7. The monoisotopic (exact) mass is 492 g/mol. The summed E-state index contributed by atoms with van der Waals surface area (Å²) >= 11 is 0. The van der Waals surface area contributed by atoms with Crippen molar-refractivity contribution in [1.29, 1.82) is 0 Å². The SMILES string of the molecule is O=C(NCC(O)CN1CCc2ccccc2C1)c1cc(NC2CCN(C(=O)C3CCC3)CC2)ncn1. The second-order valence-corrected chi connectivity index (χ2v) is 10.3. The maximum atomic E-state index is 12.7. The molecule has 1 aromatic heterocycles. The summed E-state index contributed by atoms with van der Waals surface area (Å²) < 4.78 is 0. The fourth-order valence-corrected chi connectivity index (χ4v) is 5.30. The number of hydrogen-bond acceptors (Lipinski definition) is 7. The molecular formula is C27H36N6O3. The highest BCUT2D eigenvalue weighted by Gasteiger charge is 2.31. The molecule has 1 saturated carbocycles. The van der Waals surface area contributed by atoms with E-state index in [1.165, 1.54) is 23.9 Å². The number of carbonyl (C=O) groups excluding carboxylic acids is 2. The van der Waals surface area contributed by atoms with Gasteiger partial charge in [0.05, 0.1) is 6.10 Å². The third-order valence-corrected chi connectivity index (χ3v) is 7.69. The maximum absolute atomic E-state index is 12.7. The normalized spacial score (nSPS) is 19.8. The van der Waals surface area contributed by atoms with Crippen molar-refractivity contribution in [3.8, 4) is 0 Å². The van der Waals surface area contributed by atoms with E-state index in [2.05, 4.69) is 43.7 Å². The van der Waals surface area contributed by atoms with Gasteiger partial charge in [0.2, 0.25) is 5.91 Å². The van der Waals surface area contributed by atoms with Crippen molar-refractivity contribution in [1.82, 2.24) is 25.1 Å². The molecule has 1 aromatic carbocycles. The topological polar surface area (TPSA) is 111 Å². The van der Waals surface area contributed by atoms with Gasteiger partial charge in [-0.25, -0.2) is 9.97 Å². The van der Waals surface area contributed by atoms with E-state index in [1.807, 2.05) is 11.0 Å². The number of aliphatic hydroxyl groups excluding tert-OH is 1. The van der Waals surface area contributed by atoms with Gasteiger partial charge in [-0.05, 0) is 43.2 Å². The molecular weight excluding hydrogens is 456 g/mol. The summed E-state index contributed by atoms with van der Waals surface area (Å²) in [6.45, 7) is 3.90. The number of aromatic nitrogens is 2. The minimum absolute atomic E-state index is 0.164. The molecule has 36 heavy (non-hydrogen) atoms. The van der Waals surface area contributed by atoms with Crippen LogP contribution >= 0.6 is 0 Å². The molecule has 1 aliphatic carbocycles. The Morgan fingerprint density at radius 1 is 1.06 bits per heavy atom. The van der Waals surface area contributed by atoms with Crippen LogP contribution in [0.1, 0.15) is 53.7 Å². The van der Waals surface area contributed by atoms with Crippen LogP contribution in [0.25, 0.3) is 0 Å². The molecule has 2 fully saturated rings. The summed E-state index contributed by atoms with van der Waals surface area (Å²) in [7, 11) is 0. The predicted octanol–water partition coefficient (Wildman–Crippen LogP) is 1.83. The number of amides is 2. The lowest BCUT2D eigenvalue weighted by Gasteiger charge is -2.36. The molecule has 0 radical (unpaired) electrons. The van der Waals surface area contributed by atoms with Crippen molar-refractivity contribution in [2.75, 3.05) is 38.0 Å². The van der Waals surface area contributed by atoms with Crippen molar-refractivity contribution in [3.05, 3.63) is 53.5 Å². The van der Waals surface area contributed by atoms with Crippen molar-refractivity contribution in [3.63, 3.8) is 0 Å². The molecule has 0 bridgehead atoms. The fraction of sp³-hybridized carbons (Fsp3) is 0.556. The summed E-state index contributed by atoms with van der Waals surface area (Å²) in [5.41, 5.74) is 2.94. The first-order valence-corrected chi connectivity index (χ1v) is 13.2. The highest BCUT2D eigenvalue weighted by atomic mass is 16.3. The number of likely N-dealkylation sites (tertiary alicyclic amines) is 1. The Labute approximate surface area is 212 Å². The molecule has 3 N–H and O–H groups in total. The Morgan fingerprint density at radius 2 is 1.83 bits per heavy atom. The molecule has 3 aliphatic rings. The number of hydrogen-bond donors (Lipinski definition) is 3. The van der Waals surface area contributed by atoms with Gasteiger partial charge in [-0.15, -0.1) is 0 Å². The molecule has 9 heteroatoms. The molecule has 1 atom stereocenters. The zero-order valence-corrected chi connectivity index (χ0v) is 20.7. The van der Waals surface area contributed by atoms with E-state index in [1.54, 1.807) is 6.07 Å². The van der Waals surface area contributed by atoms with E-state index in [0.29, 0.717) is 18.3 Å². The van der Waals surface area contributed by atoms with Gasteiger partial charge in [0.25, 0.3) is 5.91 Å². The fourth-order valence-electron chi connectivity index (χ4n) is 5.30. The van der Waals surface area contributed by atoms with Gasteiger partial charge >= 0.3 is 0 Å². The van der Waals surface area contributed by atoms with Crippen molar-refractivity contribution in [2.24, 2.45) is 5.92 Å². The predicted molar refractivity (Wildman–Crippen MR) is 136 cm³/mol. The van der Waals surface area contributed by atoms with Crippen LogP contribution in [-0.4, -0.2) is 81.6 Å². The Hall–Kier alpha value is -3.04. The van der Waals surface area contributed by atoms with Crippen molar-refractivity contribution in [2.45, 2.75) is 57.2 Å². The van der Waals surface area contributed by atoms with Gasteiger partial charge in [-0.3, -0.25) is 14.5 Å². The largest absolute Gasteiger partial charge is 0.390 e. The highest BCUT2D eigenvalue weighted by molar-refractivity contribution is 5.92. The van der Waals surface area contributed by atoms with E-state index in [4.69, 9.17) is 0 Å². The van der Waals surface area contributed by atoms with E-state index in [0.717, 1.165) is 58.3 Å². The lowest BCUT2D eigenvalue weighted by Crippen LogP contribution is -2.46. The molecule has 2 aromatic rings. The minimum atomic E-state index is -0.661. The molecule has 9 nitrogen and oxygen atoms in total. The summed E-state index contributed by atoms with van der Waals surface area (Å²) in [5.74, 6) is 0.830. The zero-order chi connectivity index (χ0) is 24.9. The summed E-state index contributed by atoms with van der Waals surface area (Å²) in [6.07, 6.45) is 6.65. The minimum Gasteiger partial charge on any atom is -0.390 e. The van der Waals surface area contributed by atoms with Crippen LogP contribution in [0.5, 0.6) is 0 Å². The first-order valence-electron chi connectivity index (χ1n) is 13.2. The number of β-amino-alcohol motifs (C(OH)–C–C–N with tert-alkyl or cyclic N) is 1. The lowest BCUT2D eigenvalue weighted by atomic mass is 9.84. The van der Waals surface area contributed by atoms with E-state index in [9.17, 15) is 14.7 Å². The molecule has 1 unspecified atom stereocenters. The van der Waals surface area contributed by atoms with Gasteiger partial charge in [-0.2, -0.15) is 0 Å². The summed E-state index contributed by atoms with van der Waals surface area (Å²) in [5, 5.41) is 16.7. The number of rotatable bonds is 8. The molecule has 3 heterocycles. The molecule has 192 valence electrons. The Kier molecular flexibility index (Phi) is 7.77. The quantitative estimate of drug-likeness (QED) is 0.516. The molecule has 2 amide bonds.